The van der Waals surface area contributed by atoms with Crippen molar-refractivity contribution in [1.29, 1.82) is 0 Å². The highest BCUT2D eigenvalue weighted by Crippen LogP contribution is 2.10. The van der Waals surface area contributed by atoms with E-state index in [0.717, 1.165) is 0 Å². The first-order valence-corrected chi connectivity index (χ1v) is 8.36. The minimum Gasteiger partial charge on any atom is -0.490 e. The molecule has 0 saturated carbocycles. The Bertz CT molecular complexity index is 552. The van der Waals surface area contributed by atoms with Crippen LogP contribution in [0.1, 0.15) is 37.7 Å². The van der Waals surface area contributed by atoms with Crippen LogP contribution in [0, 0.1) is 0 Å². The summed E-state index contributed by atoms with van der Waals surface area (Å²) in [4.78, 5) is 26.6. The molecule has 1 aromatic rings. The monoisotopic (exact) mass is 369 g/mol. The number of aromatic nitrogens is 1. The molecule has 1 heterocycles. The second kappa shape index (κ2) is 11.4. The van der Waals surface area contributed by atoms with E-state index in [0.29, 0.717) is 38.8 Å². The molecule has 0 bridgehead atoms. The van der Waals surface area contributed by atoms with Gasteiger partial charge < -0.3 is 23.7 Å². The molecule has 0 fully saturated rings. The number of ether oxygens (including phenoxy) is 5. The van der Waals surface area contributed by atoms with E-state index in [1.54, 1.807) is 6.07 Å². The second-order valence-corrected chi connectivity index (χ2v) is 6.28. The molecule has 0 N–H and O–H groups in total. The SMILES string of the molecule is COC(=O)c1ccc(OCCOCCOCCC(=O)OC(C)(C)C)cn1. The Hall–Kier alpha value is -2.19. The number of methoxy groups -OCH3 is 1. The highest BCUT2D eigenvalue weighted by Gasteiger charge is 2.15. The fourth-order valence-corrected chi connectivity index (χ4v) is 1.78. The van der Waals surface area contributed by atoms with Gasteiger partial charge in [-0.1, -0.05) is 0 Å². The van der Waals surface area contributed by atoms with Crippen LogP contribution in [0.5, 0.6) is 5.75 Å². The summed E-state index contributed by atoms with van der Waals surface area (Å²) < 4.78 is 25.8. The van der Waals surface area contributed by atoms with E-state index in [-0.39, 0.29) is 18.1 Å². The van der Waals surface area contributed by atoms with E-state index < -0.39 is 11.6 Å². The largest absolute Gasteiger partial charge is 0.490 e. The topological polar surface area (TPSA) is 93.2 Å². The highest BCUT2D eigenvalue weighted by atomic mass is 16.6. The third-order valence-corrected chi connectivity index (χ3v) is 2.87. The molecule has 0 aliphatic rings. The molecule has 8 nitrogen and oxygen atoms in total. The molecule has 8 heteroatoms. The number of pyridine rings is 1. The van der Waals surface area contributed by atoms with Gasteiger partial charge in [-0.05, 0) is 32.9 Å². The van der Waals surface area contributed by atoms with Crippen molar-refractivity contribution in [2.24, 2.45) is 0 Å². The third-order valence-electron chi connectivity index (χ3n) is 2.87. The van der Waals surface area contributed by atoms with Gasteiger partial charge in [0, 0.05) is 0 Å². The Balaban J connectivity index is 2.01. The minimum absolute atomic E-state index is 0.217. The Kier molecular flexibility index (Phi) is 9.61. The summed E-state index contributed by atoms with van der Waals surface area (Å²) >= 11 is 0. The van der Waals surface area contributed by atoms with Gasteiger partial charge in [0.1, 0.15) is 23.7 Å². The van der Waals surface area contributed by atoms with E-state index in [1.807, 2.05) is 20.8 Å². The summed E-state index contributed by atoms with van der Waals surface area (Å²) in [5.74, 6) is -0.236. The number of carbonyl (C=O) groups excluding carboxylic acids is 2. The molecule has 146 valence electrons. The zero-order valence-electron chi connectivity index (χ0n) is 15.8. The van der Waals surface area contributed by atoms with E-state index in [9.17, 15) is 9.59 Å². The smallest absolute Gasteiger partial charge is 0.356 e. The van der Waals surface area contributed by atoms with Crippen LogP contribution < -0.4 is 4.74 Å². The van der Waals surface area contributed by atoms with Gasteiger partial charge in [0.25, 0.3) is 0 Å². The maximum Gasteiger partial charge on any atom is 0.356 e. The number of esters is 2. The van der Waals surface area contributed by atoms with Gasteiger partial charge in [-0.3, -0.25) is 4.79 Å². The molecule has 0 aromatic carbocycles. The first kappa shape index (κ1) is 21.9. The molecule has 1 aromatic heterocycles. The molecule has 0 atom stereocenters. The van der Waals surface area contributed by atoms with Gasteiger partial charge >= 0.3 is 11.9 Å². The predicted molar refractivity (Wildman–Crippen MR) is 93.2 cm³/mol. The Morgan fingerprint density at radius 2 is 1.65 bits per heavy atom. The van der Waals surface area contributed by atoms with Crippen molar-refractivity contribution < 1.29 is 33.3 Å². The quantitative estimate of drug-likeness (QED) is 0.432. The molecular weight excluding hydrogens is 342 g/mol. The molecule has 0 aliphatic heterocycles. The van der Waals surface area contributed by atoms with Crippen LogP contribution in [-0.2, 0) is 23.7 Å². The number of nitrogens with zero attached hydrogens (tertiary/aromatic N) is 1. The molecule has 0 amide bonds. The number of rotatable bonds is 11. The zero-order chi connectivity index (χ0) is 19.4. The van der Waals surface area contributed by atoms with E-state index in [4.69, 9.17) is 18.9 Å². The van der Waals surface area contributed by atoms with Gasteiger partial charge in [0.05, 0.1) is 46.2 Å². The Morgan fingerprint density at radius 1 is 1.00 bits per heavy atom. The second-order valence-electron chi connectivity index (χ2n) is 6.28. The van der Waals surface area contributed by atoms with Crippen molar-refractivity contribution >= 4 is 11.9 Å². The molecule has 26 heavy (non-hydrogen) atoms. The zero-order valence-corrected chi connectivity index (χ0v) is 15.8. The van der Waals surface area contributed by atoms with Crippen LogP contribution in [0.15, 0.2) is 18.3 Å². The first-order chi connectivity index (χ1) is 12.3. The van der Waals surface area contributed by atoms with Crippen LogP contribution in [0.3, 0.4) is 0 Å². The third kappa shape index (κ3) is 9.95. The fourth-order valence-electron chi connectivity index (χ4n) is 1.78. The molecule has 0 saturated heterocycles. The normalized spacial score (nSPS) is 11.1. The van der Waals surface area contributed by atoms with Crippen molar-refractivity contribution in [3.8, 4) is 5.75 Å². The molecule has 0 spiro atoms. The van der Waals surface area contributed by atoms with Crippen LogP contribution in [-0.4, -0.2) is 62.7 Å². The minimum atomic E-state index is -0.494. The van der Waals surface area contributed by atoms with Gasteiger partial charge in [0.15, 0.2) is 0 Å². The van der Waals surface area contributed by atoms with Crippen LogP contribution in [0.4, 0.5) is 0 Å². The van der Waals surface area contributed by atoms with Gasteiger partial charge in [-0.15, -0.1) is 0 Å². The number of hydrogen-bond donors (Lipinski definition) is 0. The summed E-state index contributed by atoms with van der Waals surface area (Å²) in [6.07, 6.45) is 1.67. The van der Waals surface area contributed by atoms with Gasteiger partial charge in [0.2, 0.25) is 0 Å². The number of carbonyl (C=O) groups is 2. The maximum atomic E-state index is 11.5. The molecule has 1 rings (SSSR count). The maximum absolute atomic E-state index is 11.5. The van der Waals surface area contributed by atoms with E-state index in [2.05, 4.69) is 9.72 Å². The fraction of sp³-hybridized carbons (Fsp3) is 0.611. The summed E-state index contributed by atoms with van der Waals surface area (Å²) in [6, 6.07) is 3.17. The van der Waals surface area contributed by atoms with E-state index >= 15 is 0 Å². The standard InChI is InChI=1S/C18H27NO7/c1-18(2,3)26-16(20)7-8-23-9-10-24-11-12-25-14-5-6-15(19-13-14)17(21)22-4/h5-6,13H,7-12H2,1-4H3. The summed E-state index contributed by atoms with van der Waals surface area (Å²) in [6.45, 7) is 7.29. The Morgan fingerprint density at radius 3 is 2.23 bits per heavy atom. The molecular formula is C18H27NO7. The summed E-state index contributed by atoms with van der Waals surface area (Å²) in [5.41, 5.74) is -0.255. The lowest BCUT2D eigenvalue weighted by atomic mass is 10.2. The Labute approximate surface area is 153 Å². The molecule has 0 aliphatic carbocycles. The lowest BCUT2D eigenvalue weighted by molar-refractivity contribution is -0.156. The lowest BCUT2D eigenvalue weighted by Gasteiger charge is -2.19. The first-order valence-electron chi connectivity index (χ1n) is 8.36. The van der Waals surface area contributed by atoms with Crippen molar-refractivity contribution in [2.75, 3.05) is 40.1 Å². The van der Waals surface area contributed by atoms with Crippen LogP contribution >= 0.6 is 0 Å². The van der Waals surface area contributed by atoms with Crippen molar-refractivity contribution in [3.63, 3.8) is 0 Å². The van der Waals surface area contributed by atoms with Gasteiger partial charge in [-0.2, -0.15) is 0 Å². The molecule has 0 unspecified atom stereocenters. The van der Waals surface area contributed by atoms with Crippen LogP contribution in [0.2, 0.25) is 0 Å². The molecule has 0 radical (unpaired) electrons. The average Bonchev–Trinajstić information content (AvgIpc) is 2.58. The number of hydrogen-bond acceptors (Lipinski definition) is 8. The predicted octanol–water partition coefficient (Wildman–Crippen LogP) is 2.01. The lowest BCUT2D eigenvalue weighted by Crippen LogP contribution is -2.24. The van der Waals surface area contributed by atoms with Crippen LogP contribution in [0.25, 0.3) is 0 Å². The van der Waals surface area contributed by atoms with Crippen molar-refractivity contribution in [1.82, 2.24) is 4.98 Å². The highest BCUT2D eigenvalue weighted by molar-refractivity contribution is 5.87. The van der Waals surface area contributed by atoms with Crippen molar-refractivity contribution in [2.45, 2.75) is 32.8 Å². The summed E-state index contributed by atoms with van der Waals surface area (Å²) in [7, 11) is 1.30. The summed E-state index contributed by atoms with van der Waals surface area (Å²) in [5, 5.41) is 0. The van der Waals surface area contributed by atoms with Gasteiger partial charge in [-0.25, -0.2) is 9.78 Å². The van der Waals surface area contributed by atoms with E-state index in [1.165, 1.54) is 19.4 Å². The average molecular weight is 369 g/mol. The van der Waals surface area contributed by atoms with Crippen molar-refractivity contribution in [3.05, 3.63) is 24.0 Å².